The lowest BCUT2D eigenvalue weighted by Gasteiger charge is -2.20. The molecule has 0 heterocycles. The number of carbonyl (C=O) groups excluding carboxylic acids is 2. The standard InChI is InChI=1S/C12H13F3N2O2/c1-12(2,11(16)19)5-17-10(18)6-3-7(13)9(15)8(14)4-6/h3-4H,5H2,1-2H3,(H2,16,19)(H,17,18). The largest absolute Gasteiger partial charge is 0.369 e. The number of hydrogen-bond acceptors (Lipinski definition) is 2. The maximum Gasteiger partial charge on any atom is 0.251 e. The van der Waals surface area contributed by atoms with Crippen LogP contribution in [0.15, 0.2) is 12.1 Å². The van der Waals surface area contributed by atoms with Crippen LogP contribution in [-0.2, 0) is 4.79 Å². The second kappa shape index (κ2) is 5.29. The van der Waals surface area contributed by atoms with Crippen LogP contribution in [0.1, 0.15) is 24.2 Å². The molecule has 3 N–H and O–H groups in total. The summed E-state index contributed by atoms with van der Waals surface area (Å²) in [6.07, 6.45) is 0. The van der Waals surface area contributed by atoms with E-state index in [-0.39, 0.29) is 12.1 Å². The lowest BCUT2D eigenvalue weighted by atomic mass is 9.92. The average molecular weight is 274 g/mol. The topological polar surface area (TPSA) is 72.2 Å². The fraction of sp³-hybridized carbons (Fsp3) is 0.333. The average Bonchev–Trinajstić information content (AvgIpc) is 2.32. The number of carbonyl (C=O) groups is 2. The number of rotatable bonds is 4. The van der Waals surface area contributed by atoms with Gasteiger partial charge in [0.05, 0.1) is 5.41 Å². The summed E-state index contributed by atoms with van der Waals surface area (Å²) in [5, 5.41) is 2.30. The Hall–Kier alpha value is -2.05. The molecular weight excluding hydrogens is 261 g/mol. The summed E-state index contributed by atoms with van der Waals surface area (Å²) in [7, 11) is 0. The van der Waals surface area contributed by atoms with Gasteiger partial charge in [0.2, 0.25) is 5.91 Å². The van der Waals surface area contributed by atoms with Crippen molar-refractivity contribution in [2.45, 2.75) is 13.8 Å². The molecule has 19 heavy (non-hydrogen) atoms. The Bertz CT molecular complexity index is 507. The van der Waals surface area contributed by atoms with Gasteiger partial charge in [-0.15, -0.1) is 0 Å². The Morgan fingerprint density at radius 1 is 1.21 bits per heavy atom. The zero-order valence-electron chi connectivity index (χ0n) is 10.4. The van der Waals surface area contributed by atoms with Gasteiger partial charge in [0.15, 0.2) is 17.5 Å². The van der Waals surface area contributed by atoms with Gasteiger partial charge in [0, 0.05) is 12.1 Å². The Morgan fingerprint density at radius 3 is 2.11 bits per heavy atom. The van der Waals surface area contributed by atoms with Crippen molar-refractivity contribution in [2.24, 2.45) is 11.1 Å². The molecule has 0 saturated carbocycles. The minimum Gasteiger partial charge on any atom is -0.369 e. The summed E-state index contributed by atoms with van der Waals surface area (Å²) in [6, 6.07) is 1.15. The van der Waals surface area contributed by atoms with Crippen LogP contribution < -0.4 is 11.1 Å². The molecule has 0 radical (unpaired) electrons. The van der Waals surface area contributed by atoms with Crippen LogP contribution in [-0.4, -0.2) is 18.4 Å². The molecule has 1 rings (SSSR count). The highest BCUT2D eigenvalue weighted by Crippen LogP contribution is 2.15. The normalized spacial score (nSPS) is 11.2. The van der Waals surface area contributed by atoms with Crippen LogP contribution in [0.4, 0.5) is 13.2 Å². The first-order valence-corrected chi connectivity index (χ1v) is 5.38. The third-order valence-corrected chi connectivity index (χ3v) is 2.60. The van der Waals surface area contributed by atoms with Crippen LogP contribution in [0.3, 0.4) is 0 Å². The van der Waals surface area contributed by atoms with E-state index in [1.54, 1.807) is 0 Å². The van der Waals surface area contributed by atoms with Crippen molar-refractivity contribution in [2.75, 3.05) is 6.54 Å². The summed E-state index contributed by atoms with van der Waals surface area (Å²) in [6.45, 7) is 2.89. The molecule has 0 aromatic heterocycles. The van der Waals surface area contributed by atoms with E-state index in [9.17, 15) is 22.8 Å². The second-order valence-electron chi connectivity index (χ2n) is 4.68. The Morgan fingerprint density at radius 2 is 1.68 bits per heavy atom. The van der Waals surface area contributed by atoms with Crippen molar-refractivity contribution in [1.82, 2.24) is 5.32 Å². The molecular formula is C12H13F3N2O2. The monoisotopic (exact) mass is 274 g/mol. The summed E-state index contributed by atoms with van der Waals surface area (Å²) >= 11 is 0. The van der Waals surface area contributed by atoms with Crippen LogP contribution in [0.25, 0.3) is 0 Å². The lowest BCUT2D eigenvalue weighted by molar-refractivity contribution is -0.125. The second-order valence-corrected chi connectivity index (χ2v) is 4.68. The summed E-state index contributed by atoms with van der Waals surface area (Å²) in [4.78, 5) is 22.6. The maximum absolute atomic E-state index is 12.9. The minimum absolute atomic E-state index is 0.109. The first-order valence-electron chi connectivity index (χ1n) is 5.38. The number of hydrogen-bond donors (Lipinski definition) is 2. The van der Waals surface area contributed by atoms with E-state index in [0.717, 1.165) is 0 Å². The van der Waals surface area contributed by atoms with E-state index in [0.29, 0.717) is 12.1 Å². The van der Waals surface area contributed by atoms with Crippen LogP contribution in [0.2, 0.25) is 0 Å². The van der Waals surface area contributed by atoms with Gasteiger partial charge >= 0.3 is 0 Å². The van der Waals surface area contributed by atoms with E-state index in [1.165, 1.54) is 13.8 Å². The van der Waals surface area contributed by atoms with Gasteiger partial charge in [-0.25, -0.2) is 13.2 Å². The minimum atomic E-state index is -1.64. The van der Waals surface area contributed by atoms with E-state index >= 15 is 0 Å². The highest BCUT2D eigenvalue weighted by Gasteiger charge is 2.26. The molecule has 7 heteroatoms. The van der Waals surface area contributed by atoms with Crippen molar-refractivity contribution in [3.63, 3.8) is 0 Å². The van der Waals surface area contributed by atoms with Gasteiger partial charge in [-0.2, -0.15) is 0 Å². The van der Waals surface area contributed by atoms with E-state index in [2.05, 4.69) is 5.32 Å². The van der Waals surface area contributed by atoms with Gasteiger partial charge in [0.25, 0.3) is 5.91 Å². The van der Waals surface area contributed by atoms with Gasteiger partial charge in [-0.3, -0.25) is 9.59 Å². The van der Waals surface area contributed by atoms with Crippen molar-refractivity contribution in [1.29, 1.82) is 0 Å². The smallest absolute Gasteiger partial charge is 0.251 e. The third-order valence-electron chi connectivity index (χ3n) is 2.60. The van der Waals surface area contributed by atoms with Crippen LogP contribution in [0, 0.1) is 22.9 Å². The summed E-state index contributed by atoms with van der Waals surface area (Å²) < 4.78 is 38.6. The molecule has 0 aliphatic carbocycles. The SMILES string of the molecule is CC(C)(CNC(=O)c1cc(F)c(F)c(F)c1)C(N)=O. The highest BCUT2D eigenvalue weighted by molar-refractivity contribution is 5.94. The molecule has 0 bridgehead atoms. The van der Waals surface area contributed by atoms with Crippen molar-refractivity contribution in [3.8, 4) is 0 Å². The highest BCUT2D eigenvalue weighted by atomic mass is 19.2. The molecule has 104 valence electrons. The molecule has 0 aliphatic heterocycles. The molecule has 0 atom stereocenters. The van der Waals surface area contributed by atoms with E-state index < -0.39 is 34.7 Å². The van der Waals surface area contributed by atoms with Gasteiger partial charge in [-0.1, -0.05) is 0 Å². The number of nitrogens with one attached hydrogen (secondary N) is 1. The predicted octanol–water partition coefficient (Wildman–Crippen LogP) is 1.35. The number of benzene rings is 1. The van der Waals surface area contributed by atoms with E-state index in [1.807, 2.05) is 0 Å². The molecule has 0 fully saturated rings. The molecule has 0 spiro atoms. The molecule has 4 nitrogen and oxygen atoms in total. The Labute approximate surface area is 107 Å². The quantitative estimate of drug-likeness (QED) is 0.813. The van der Waals surface area contributed by atoms with Gasteiger partial charge in [-0.05, 0) is 26.0 Å². The van der Waals surface area contributed by atoms with E-state index in [4.69, 9.17) is 5.73 Å². The first-order chi connectivity index (χ1) is 8.65. The molecule has 2 amide bonds. The Balaban J connectivity index is 2.83. The predicted molar refractivity (Wildman–Crippen MR) is 61.6 cm³/mol. The molecule has 0 saturated heterocycles. The van der Waals surface area contributed by atoms with Gasteiger partial charge < -0.3 is 11.1 Å². The lowest BCUT2D eigenvalue weighted by Crippen LogP contribution is -2.42. The van der Waals surface area contributed by atoms with Crippen LogP contribution in [0.5, 0.6) is 0 Å². The zero-order valence-corrected chi connectivity index (χ0v) is 10.4. The summed E-state index contributed by atoms with van der Waals surface area (Å²) in [5.74, 6) is -6.02. The Kier molecular flexibility index (Phi) is 4.18. The molecule has 0 aliphatic rings. The molecule has 1 aromatic carbocycles. The van der Waals surface area contributed by atoms with Crippen molar-refractivity contribution in [3.05, 3.63) is 35.1 Å². The number of primary amides is 1. The number of halogens is 3. The number of nitrogens with two attached hydrogens (primary N) is 1. The van der Waals surface area contributed by atoms with Crippen molar-refractivity contribution < 1.29 is 22.8 Å². The maximum atomic E-state index is 12.9. The number of amides is 2. The summed E-state index contributed by atoms with van der Waals surface area (Å²) in [5.41, 5.74) is 3.72. The molecule has 0 unspecified atom stereocenters. The van der Waals surface area contributed by atoms with Crippen LogP contribution >= 0.6 is 0 Å². The molecule has 1 aromatic rings. The van der Waals surface area contributed by atoms with Crippen molar-refractivity contribution >= 4 is 11.8 Å². The fourth-order valence-electron chi connectivity index (χ4n) is 1.18. The third kappa shape index (κ3) is 3.46. The first kappa shape index (κ1) is 15.0. The zero-order chi connectivity index (χ0) is 14.8. The van der Waals surface area contributed by atoms with Gasteiger partial charge in [0.1, 0.15) is 0 Å². The fourth-order valence-corrected chi connectivity index (χ4v) is 1.18.